The Labute approximate surface area is 241 Å². The van der Waals surface area contributed by atoms with Crippen molar-refractivity contribution in [1.82, 2.24) is 9.88 Å². The van der Waals surface area contributed by atoms with Gasteiger partial charge in [0.1, 0.15) is 17.2 Å². The summed E-state index contributed by atoms with van der Waals surface area (Å²) in [5.74, 6) is 0.411. The topological polar surface area (TPSA) is 80.8 Å². The number of carbonyl (C=O) groups is 2. The number of fused-ring (bicyclic) bond motifs is 2. The maximum atomic E-state index is 13.9. The number of nitrogens with one attached hydrogen (secondary N) is 1. The van der Waals surface area contributed by atoms with Crippen molar-refractivity contribution in [3.05, 3.63) is 83.0 Å². The van der Waals surface area contributed by atoms with Crippen molar-refractivity contribution >= 4 is 28.4 Å². The van der Waals surface area contributed by atoms with Crippen LogP contribution in [0.2, 0.25) is 0 Å². The Morgan fingerprint density at radius 2 is 1.64 bits per heavy atom. The van der Waals surface area contributed by atoms with Crippen molar-refractivity contribution in [2.75, 3.05) is 26.1 Å². The van der Waals surface area contributed by atoms with Crippen LogP contribution in [-0.2, 0) is 6.18 Å². The maximum Gasteiger partial charge on any atom is 0.433 e. The van der Waals surface area contributed by atoms with Crippen molar-refractivity contribution in [2.24, 2.45) is 0 Å². The van der Waals surface area contributed by atoms with E-state index in [-0.39, 0.29) is 29.9 Å². The molecule has 0 aliphatic carbocycles. The molecule has 0 saturated heterocycles. The standard InChI is InChI=1S/C32H30F3N3O4/c1-18-15-26(32(33,34)35)37-29-24(17-25(42-4)28(27(18)29)20-10-7-11-21(16-20)41-3)36-19(2)9-8-14-38-30(39)22-12-5-6-13-23(22)31(38)40/h5-7,10-13,15-17,19,36H,8-9,14H2,1-4H3. The number of ether oxygens (including phenoxy) is 2. The van der Waals surface area contributed by atoms with Gasteiger partial charge in [0.2, 0.25) is 0 Å². The highest BCUT2D eigenvalue weighted by molar-refractivity contribution is 6.21. The lowest BCUT2D eigenvalue weighted by atomic mass is 9.94. The molecule has 1 unspecified atom stereocenters. The molecule has 1 N–H and O–H groups in total. The van der Waals surface area contributed by atoms with E-state index in [9.17, 15) is 22.8 Å². The fourth-order valence-electron chi connectivity index (χ4n) is 5.39. The van der Waals surface area contributed by atoms with Crippen LogP contribution >= 0.6 is 0 Å². The zero-order valence-corrected chi connectivity index (χ0v) is 23.6. The fourth-order valence-corrected chi connectivity index (χ4v) is 5.39. The van der Waals surface area contributed by atoms with Gasteiger partial charge in [-0.1, -0.05) is 24.3 Å². The second-order valence-corrected chi connectivity index (χ2v) is 10.3. The van der Waals surface area contributed by atoms with Gasteiger partial charge in [0.05, 0.1) is 36.6 Å². The molecule has 5 rings (SSSR count). The monoisotopic (exact) mass is 577 g/mol. The molecule has 2 amide bonds. The summed E-state index contributed by atoms with van der Waals surface area (Å²) in [5.41, 5.74) is 2.05. The lowest BCUT2D eigenvalue weighted by Gasteiger charge is -2.22. The van der Waals surface area contributed by atoms with Crippen LogP contribution in [0.1, 0.15) is 51.7 Å². The molecule has 2 heterocycles. The van der Waals surface area contributed by atoms with Crippen LogP contribution in [0.25, 0.3) is 22.0 Å². The molecule has 3 aromatic carbocycles. The second-order valence-electron chi connectivity index (χ2n) is 10.3. The van der Waals surface area contributed by atoms with Gasteiger partial charge in [-0.25, -0.2) is 4.98 Å². The Balaban J connectivity index is 1.46. The SMILES string of the molecule is COc1cccc(-c2c(OC)cc(NC(C)CCCN3C(=O)c4ccccc4C3=O)c3nc(C(F)(F)F)cc(C)c23)c1. The molecule has 1 atom stereocenters. The van der Waals surface area contributed by atoms with Gasteiger partial charge in [0.15, 0.2) is 0 Å². The number of amides is 2. The van der Waals surface area contributed by atoms with Crippen molar-refractivity contribution in [1.29, 1.82) is 0 Å². The van der Waals surface area contributed by atoms with Crippen LogP contribution in [0.5, 0.6) is 11.5 Å². The first-order valence-electron chi connectivity index (χ1n) is 13.5. The number of aromatic nitrogens is 1. The minimum absolute atomic E-state index is 0.160. The first kappa shape index (κ1) is 28.9. The summed E-state index contributed by atoms with van der Waals surface area (Å²) in [5, 5.41) is 3.83. The van der Waals surface area contributed by atoms with Gasteiger partial charge in [-0.3, -0.25) is 14.5 Å². The van der Waals surface area contributed by atoms with Crippen molar-refractivity contribution in [3.63, 3.8) is 0 Å². The molecular weight excluding hydrogens is 547 g/mol. The van der Waals surface area contributed by atoms with Gasteiger partial charge in [-0.15, -0.1) is 0 Å². The highest BCUT2D eigenvalue weighted by Gasteiger charge is 2.35. The molecule has 7 nitrogen and oxygen atoms in total. The zero-order valence-electron chi connectivity index (χ0n) is 23.6. The smallest absolute Gasteiger partial charge is 0.433 e. The molecule has 1 aromatic heterocycles. The number of methoxy groups -OCH3 is 2. The molecule has 4 aromatic rings. The summed E-state index contributed by atoms with van der Waals surface area (Å²) in [6.07, 6.45) is -3.60. The number of hydrogen-bond donors (Lipinski definition) is 1. The number of pyridine rings is 1. The van der Waals surface area contributed by atoms with E-state index in [1.807, 2.05) is 13.0 Å². The molecule has 0 radical (unpaired) electrons. The number of hydrogen-bond acceptors (Lipinski definition) is 6. The lowest BCUT2D eigenvalue weighted by molar-refractivity contribution is -0.141. The summed E-state index contributed by atoms with van der Waals surface area (Å²) in [6, 6.07) is 16.4. The second kappa shape index (κ2) is 11.3. The first-order chi connectivity index (χ1) is 20.0. The van der Waals surface area contributed by atoms with Crippen LogP contribution in [0.3, 0.4) is 0 Å². The average molecular weight is 578 g/mol. The summed E-state index contributed by atoms with van der Waals surface area (Å²) in [6.45, 7) is 3.74. The number of halogens is 3. The summed E-state index contributed by atoms with van der Waals surface area (Å²) in [7, 11) is 3.05. The Morgan fingerprint density at radius 1 is 0.952 bits per heavy atom. The van der Waals surface area contributed by atoms with Crippen LogP contribution in [-0.4, -0.2) is 48.5 Å². The van der Waals surface area contributed by atoms with Crippen LogP contribution < -0.4 is 14.8 Å². The van der Waals surface area contributed by atoms with Gasteiger partial charge in [0.25, 0.3) is 11.8 Å². The summed E-state index contributed by atoms with van der Waals surface area (Å²) >= 11 is 0. The van der Waals surface area contributed by atoms with E-state index in [2.05, 4.69) is 10.3 Å². The van der Waals surface area contributed by atoms with Gasteiger partial charge < -0.3 is 14.8 Å². The molecule has 42 heavy (non-hydrogen) atoms. The Kier molecular flexibility index (Phi) is 7.81. The predicted molar refractivity (Wildman–Crippen MR) is 154 cm³/mol. The van der Waals surface area contributed by atoms with Gasteiger partial charge in [0, 0.05) is 29.6 Å². The van der Waals surface area contributed by atoms with E-state index in [1.54, 1.807) is 62.6 Å². The van der Waals surface area contributed by atoms with E-state index < -0.39 is 11.9 Å². The highest BCUT2D eigenvalue weighted by Crippen LogP contribution is 2.44. The van der Waals surface area contributed by atoms with E-state index in [0.29, 0.717) is 63.2 Å². The maximum absolute atomic E-state index is 13.9. The van der Waals surface area contributed by atoms with Crippen LogP contribution in [0.15, 0.2) is 60.7 Å². The molecule has 0 saturated carbocycles. The van der Waals surface area contributed by atoms with E-state index >= 15 is 0 Å². The molecule has 10 heteroatoms. The minimum atomic E-state index is -4.63. The number of imide groups is 1. The number of rotatable bonds is 9. The molecule has 1 aliphatic rings. The van der Waals surface area contributed by atoms with Crippen LogP contribution in [0.4, 0.5) is 18.9 Å². The predicted octanol–water partition coefficient (Wildman–Crippen LogP) is 7.12. The number of nitrogens with zero attached hydrogens (tertiary/aromatic N) is 2. The van der Waals surface area contributed by atoms with E-state index in [0.717, 1.165) is 6.07 Å². The summed E-state index contributed by atoms with van der Waals surface area (Å²) in [4.78, 5) is 30.7. The van der Waals surface area contributed by atoms with Gasteiger partial charge in [-0.05, 0) is 68.1 Å². The molecule has 0 fully saturated rings. The number of benzene rings is 3. The number of anilines is 1. The van der Waals surface area contributed by atoms with Gasteiger partial charge >= 0.3 is 6.18 Å². The fraction of sp³-hybridized carbons (Fsp3) is 0.281. The van der Waals surface area contributed by atoms with Gasteiger partial charge in [-0.2, -0.15) is 13.2 Å². The van der Waals surface area contributed by atoms with Crippen molar-refractivity contribution in [3.8, 4) is 22.6 Å². The molecular formula is C32H30F3N3O4. The van der Waals surface area contributed by atoms with Crippen LogP contribution in [0, 0.1) is 6.92 Å². The number of carbonyl (C=O) groups excluding carboxylic acids is 2. The lowest BCUT2D eigenvalue weighted by Crippen LogP contribution is -2.31. The Hall–Kier alpha value is -4.60. The van der Waals surface area contributed by atoms with E-state index in [1.165, 1.54) is 12.0 Å². The normalized spacial score (nSPS) is 13.8. The first-order valence-corrected chi connectivity index (χ1v) is 13.5. The third kappa shape index (κ3) is 5.36. The number of alkyl halides is 3. The molecule has 218 valence electrons. The third-order valence-corrected chi connectivity index (χ3v) is 7.41. The molecule has 0 bridgehead atoms. The largest absolute Gasteiger partial charge is 0.497 e. The average Bonchev–Trinajstić information content (AvgIpc) is 3.21. The zero-order chi connectivity index (χ0) is 30.2. The Morgan fingerprint density at radius 3 is 2.26 bits per heavy atom. The Bertz CT molecular complexity index is 1650. The third-order valence-electron chi connectivity index (χ3n) is 7.41. The molecule has 1 aliphatic heterocycles. The highest BCUT2D eigenvalue weighted by atomic mass is 19.4. The number of aryl methyl sites for hydroxylation is 1. The van der Waals surface area contributed by atoms with Crippen molar-refractivity contribution < 1.29 is 32.2 Å². The molecule has 0 spiro atoms. The quantitative estimate of drug-likeness (QED) is 0.213. The van der Waals surface area contributed by atoms with Crippen molar-refractivity contribution in [2.45, 2.75) is 38.9 Å². The summed E-state index contributed by atoms with van der Waals surface area (Å²) < 4.78 is 52.7. The minimum Gasteiger partial charge on any atom is -0.497 e. The van der Waals surface area contributed by atoms with E-state index in [4.69, 9.17) is 9.47 Å².